The molecular weight excluding hydrogens is 210 g/mol. The SMILES string of the molecule is Cc1nc2c(n1CC1CCNCC1)CCCC2. The lowest BCUT2D eigenvalue weighted by atomic mass is 9.97. The minimum absolute atomic E-state index is 0.857. The molecular formula is C14H23N3. The predicted molar refractivity (Wildman–Crippen MR) is 69.2 cm³/mol. The van der Waals surface area contributed by atoms with Gasteiger partial charge in [0.15, 0.2) is 0 Å². The van der Waals surface area contributed by atoms with Gasteiger partial charge >= 0.3 is 0 Å². The molecule has 2 aliphatic rings. The average molecular weight is 233 g/mol. The van der Waals surface area contributed by atoms with Gasteiger partial charge in [0.05, 0.1) is 5.69 Å². The van der Waals surface area contributed by atoms with Crippen LogP contribution in [0.2, 0.25) is 0 Å². The lowest BCUT2D eigenvalue weighted by molar-refractivity contribution is 0.326. The maximum absolute atomic E-state index is 4.76. The molecule has 0 amide bonds. The minimum Gasteiger partial charge on any atom is -0.332 e. The van der Waals surface area contributed by atoms with Gasteiger partial charge in [-0.15, -0.1) is 0 Å². The highest BCUT2D eigenvalue weighted by molar-refractivity contribution is 5.20. The summed E-state index contributed by atoms with van der Waals surface area (Å²) < 4.78 is 2.52. The molecule has 0 unspecified atom stereocenters. The zero-order valence-electron chi connectivity index (χ0n) is 10.8. The first-order valence-corrected chi connectivity index (χ1v) is 7.10. The molecule has 0 atom stereocenters. The van der Waals surface area contributed by atoms with E-state index in [1.807, 2.05) is 0 Å². The second-order valence-electron chi connectivity index (χ2n) is 5.56. The third-order valence-electron chi connectivity index (χ3n) is 4.32. The second-order valence-corrected chi connectivity index (χ2v) is 5.56. The monoisotopic (exact) mass is 233 g/mol. The summed E-state index contributed by atoms with van der Waals surface area (Å²) in [5, 5.41) is 3.45. The number of aromatic nitrogens is 2. The van der Waals surface area contributed by atoms with E-state index in [2.05, 4.69) is 16.8 Å². The van der Waals surface area contributed by atoms with E-state index < -0.39 is 0 Å². The summed E-state index contributed by atoms with van der Waals surface area (Å²) in [7, 11) is 0. The van der Waals surface area contributed by atoms with Crippen molar-refractivity contribution in [2.24, 2.45) is 5.92 Å². The standard InChI is InChI=1S/C14H23N3/c1-11-16-13-4-2-3-5-14(13)17(11)10-12-6-8-15-9-7-12/h12,15H,2-10H2,1H3. The van der Waals surface area contributed by atoms with Gasteiger partial charge in [-0.25, -0.2) is 4.98 Å². The van der Waals surface area contributed by atoms with Crippen molar-refractivity contribution >= 4 is 0 Å². The highest BCUT2D eigenvalue weighted by atomic mass is 15.1. The number of rotatable bonds is 2. The molecule has 1 saturated heterocycles. The number of piperidine rings is 1. The molecule has 1 aromatic heterocycles. The Morgan fingerprint density at radius 1 is 1.24 bits per heavy atom. The van der Waals surface area contributed by atoms with E-state index in [4.69, 9.17) is 4.98 Å². The fourth-order valence-corrected chi connectivity index (χ4v) is 3.30. The lowest BCUT2D eigenvalue weighted by Crippen LogP contribution is -2.30. The largest absolute Gasteiger partial charge is 0.332 e. The molecule has 1 aromatic rings. The van der Waals surface area contributed by atoms with E-state index in [1.54, 1.807) is 5.69 Å². The summed E-state index contributed by atoms with van der Waals surface area (Å²) >= 11 is 0. The van der Waals surface area contributed by atoms with Gasteiger partial charge in [-0.3, -0.25) is 0 Å². The zero-order valence-corrected chi connectivity index (χ0v) is 10.8. The van der Waals surface area contributed by atoms with E-state index >= 15 is 0 Å². The van der Waals surface area contributed by atoms with Crippen molar-refractivity contribution in [2.75, 3.05) is 13.1 Å². The van der Waals surface area contributed by atoms with E-state index in [-0.39, 0.29) is 0 Å². The van der Waals surface area contributed by atoms with Crippen LogP contribution < -0.4 is 5.32 Å². The molecule has 0 spiro atoms. The van der Waals surface area contributed by atoms with Gasteiger partial charge < -0.3 is 9.88 Å². The van der Waals surface area contributed by atoms with E-state index in [1.165, 1.54) is 69.7 Å². The van der Waals surface area contributed by atoms with Gasteiger partial charge in [0.2, 0.25) is 0 Å². The van der Waals surface area contributed by atoms with Gasteiger partial charge in [-0.1, -0.05) is 0 Å². The van der Waals surface area contributed by atoms with Crippen LogP contribution in [0.5, 0.6) is 0 Å². The number of nitrogens with zero attached hydrogens (tertiary/aromatic N) is 2. The number of hydrogen-bond acceptors (Lipinski definition) is 2. The molecule has 94 valence electrons. The van der Waals surface area contributed by atoms with Crippen LogP contribution in [0.4, 0.5) is 0 Å². The van der Waals surface area contributed by atoms with Crippen molar-refractivity contribution in [3.8, 4) is 0 Å². The quantitative estimate of drug-likeness (QED) is 0.847. The van der Waals surface area contributed by atoms with Crippen LogP contribution in [0.3, 0.4) is 0 Å². The Kier molecular flexibility index (Phi) is 3.19. The Labute approximate surface area is 104 Å². The normalized spacial score (nSPS) is 21.5. The number of imidazole rings is 1. The topological polar surface area (TPSA) is 29.9 Å². The third-order valence-corrected chi connectivity index (χ3v) is 4.32. The molecule has 1 N–H and O–H groups in total. The lowest BCUT2D eigenvalue weighted by Gasteiger charge is -2.25. The fraction of sp³-hybridized carbons (Fsp3) is 0.786. The van der Waals surface area contributed by atoms with Crippen LogP contribution in [0.15, 0.2) is 0 Å². The number of fused-ring (bicyclic) bond motifs is 1. The Balaban J connectivity index is 1.79. The molecule has 1 aliphatic heterocycles. The van der Waals surface area contributed by atoms with E-state index in [0.29, 0.717) is 0 Å². The molecule has 1 aliphatic carbocycles. The van der Waals surface area contributed by atoms with Crippen LogP contribution in [-0.4, -0.2) is 22.6 Å². The molecule has 0 saturated carbocycles. The molecule has 3 nitrogen and oxygen atoms in total. The molecule has 1 fully saturated rings. The molecule has 3 rings (SSSR count). The van der Waals surface area contributed by atoms with Gasteiger partial charge in [-0.2, -0.15) is 0 Å². The van der Waals surface area contributed by atoms with Crippen LogP contribution >= 0.6 is 0 Å². The average Bonchev–Trinajstić information content (AvgIpc) is 2.68. The molecule has 0 radical (unpaired) electrons. The van der Waals surface area contributed by atoms with Crippen LogP contribution in [0.1, 0.15) is 42.9 Å². The van der Waals surface area contributed by atoms with Crippen LogP contribution in [-0.2, 0) is 19.4 Å². The number of nitrogens with one attached hydrogen (secondary N) is 1. The summed E-state index contributed by atoms with van der Waals surface area (Å²) in [5.74, 6) is 2.10. The van der Waals surface area contributed by atoms with Gasteiger partial charge in [0, 0.05) is 12.2 Å². The minimum atomic E-state index is 0.857. The first-order chi connectivity index (χ1) is 8.34. The summed E-state index contributed by atoms with van der Waals surface area (Å²) in [6.45, 7) is 5.77. The smallest absolute Gasteiger partial charge is 0.106 e. The Morgan fingerprint density at radius 2 is 2.00 bits per heavy atom. The van der Waals surface area contributed by atoms with Gasteiger partial charge in [0.25, 0.3) is 0 Å². The van der Waals surface area contributed by atoms with Crippen molar-refractivity contribution in [1.29, 1.82) is 0 Å². The fourth-order valence-electron chi connectivity index (χ4n) is 3.30. The van der Waals surface area contributed by atoms with Crippen LogP contribution in [0, 0.1) is 12.8 Å². The summed E-state index contributed by atoms with van der Waals surface area (Å²) in [6, 6.07) is 0. The third kappa shape index (κ3) is 2.25. The highest BCUT2D eigenvalue weighted by Crippen LogP contribution is 2.24. The maximum Gasteiger partial charge on any atom is 0.106 e. The summed E-state index contributed by atoms with van der Waals surface area (Å²) in [5.41, 5.74) is 2.94. The Hall–Kier alpha value is -0.830. The number of hydrogen-bond donors (Lipinski definition) is 1. The molecule has 3 heteroatoms. The number of aryl methyl sites for hydroxylation is 2. The maximum atomic E-state index is 4.76. The summed E-state index contributed by atoms with van der Waals surface area (Å²) in [4.78, 5) is 4.76. The van der Waals surface area contributed by atoms with E-state index in [9.17, 15) is 0 Å². The summed E-state index contributed by atoms with van der Waals surface area (Å²) in [6.07, 6.45) is 7.79. The zero-order chi connectivity index (χ0) is 11.7. The van der Waals surface area contributed by atoms with Crippen molar-refractivity contribution < 1.29 is 0 Å². The second kappa shape index (κ2) is 4.81. The van der Waals surface area contributed by atoms with Gasteiger partial charge in [-0.05, 0) is 64.5 Å². The van der Waals surface area contributed by atoms with Crippen molar-refractivity contribution in [3.63, 3.8) is 0 Å². The predicted octanol–water partition coefficient (Wildman–Crippen LogP) is 2.07. The van der Waals surface area contributed by atoms with E-state index in [0.717, 1.165) is 5.92 Å². The first-order valence-electron chi connectivity index (χ1n) is 7.10. The van der Waals surface area contributed by atoms with Gasteiger partial charge in [0.1, 0.15) is 5.82 Å². The molecule has 0 aromatic carbocycles. The van der Waals surface area contributed by atoms with Crippen molar-refractivity contribution in [1.82, 2.24) is 14.9 Å². The van der Waals surface area contributed by atoms with Crippen molar-refractivity contribution in [3.05, 3.63) is 17.2 Å². The molecule has 17 heavy (non-hydrogen) atoms. The van der Waals surface area contributed by atoms with Crippen LogP contribution in [0.25, 0.3) is 0 Å². The first kappa shape index (κ1) is 11.3. The Bertz CT molecular complexity index is 388. The van der Waals surface area contributed by atoms with Crippen molar-refractivity contribution in [2.45, 2.75) is 52.0 Å². The highest BCUT2D eigenvalue weighted by Gasteiger charge is 2.21. The molecule has 2 heterocycles. The molecule has 0 bridgehead atoms. The Morgan fingerprint density at radius 3 is 2.82 bits per heavy atom.